The smallest absolute Gasteiger partial charge is 0.204 e. The summed E-state index contributed by atoms with van der Waals surface area (Å²) in [4.78, 5) is 23.6. The molecule has 0 radical (unpaired) electrons. The zero-order chi connectivity index (χ0) is 25.3. The van der Waals surface area contributed by atoms with E-state index in [4.69, 9.17) is 4.89 Å². The molecule has 5 N–H and O–H groups in total. The zero-order valence-corrected chi connectivity index (χ0v) is 20.8. The van der Waals surface area contributed by atoms with Crippen LogP contribution in [0.2, 0.25) is 0 Å². The molecule has 0 aliphatic heterocycles. The van der Waals surface area contributed by atoms with E-state index in [0.717, 1.165) is 46.5 Å². The second kappa shape index (κ2) is 12.1. The maximum Gasteiger partial charge on any atom is 0.204 e. The first-order valence-corrected chi connectivity index (χ1v) is 13.1. The van der Waals surface area contributed by atoms with Crippen molar-refractivity contribution < 1.29 is 24.3 Å². The van der Waals surface area contributed by atoms with Crippen molar-refractivity contribution in [2.45, 2.75) is 6.92 Å². The third-order valence-corrected chi connectivity index (χ3v) is 4.86. The summed E-state index contributed by atoms with van der Waals surface area (Å²) in [5.41, 5.74) is 8.71. The van der Waals surface area contributed by atoms with Gasteiger partial charge < -0.3 is 25.0 Å². The Bertz CT molecular complexity index is 1260. The van der Waals surface area contributed by atoms with Gasteiger partial charge in [-0.3, -0.25) is 0 Å². The standard InChI is InChI=1S/C26H24N4.CH5O3P/c1-19-3-5-21(6-4-19)28-23-11-13-25(14-12-23)30-26-17-15-24(16-18-26)29-22-9-7-20(27-2)8-10-22;1-5(2,3)4/h3-18,27,29H,1-2H3;1H3,(H2,2,3,4)/p+1. The van der Waals surface area contributed by atoms with Gasteiger partial charge in [0.15, 0.2) is 0 Å². The lowest BCUT2D eigenvalue weighted by molar-refractivity contribution is -0.353. The summed E-state index contributed by atoms with van der Waals surface area (Å²) >= 11 is 0. The molecule has 8 heteroatoms. The van der Waals surface area contributed by atoms with Crippen LogP contribution in [0.1, 0.15) is 5.56 Å². The van der Waals surface area contributed by atoms with Gasteiger partial charge in [0.2, 0.25) is 22.8 Å². The summed E-state index contributed by atoms with van der Waals surface area (Å²) in [6, 6.07) is 24.9. The third kappa shape index (κ3) is 9.55. The highest BCUT2D eigenvalue weighted by Crippen LogP contribution is 2.20. The number of rotatable bonds is 5. The van der Waals surface area contributed by atoms with E-state index in [1.165, 1.54) is 5.56 Å². The normalized spacial score (nSPS) is 13.9. The lowest BCUT2D eigenvalue weighted by atomic mass is 10.1. The maximum atomic E-state index is 9.22. The van der Waals surface area contributed by atoms with Crippen molar-refractivity contribution in [3.63, 3.8) is 0 Å². The average Bonchev–Trinajstić information content (AvgIpc) is 2.82. The molecule has 0 fully saturated rings. The molecule has 1 aliphatic rings. The Balaban J connectivity index is 0.000000623. The van der Waals surface area contributed by atoms with Gasteiger partial charge >= 0.3 is 0 Å². The van der Waals surface area contributed by atoms with E-state index in [2.05, 4.69) is 125 Å². The minimum atomic E-state index is -3.89. The van der Waals surface area contributed by atoms with Crippen molar-refractivity contribution in [2.24, 2.45) is 0 Å². The first kappa shape index (κ1) is 25.8. The van der Waals surface area contributed by atoms with Crippen LogP contribution in [-0.2, 0) is 4.57 Å². The minimum absolute atomic E-state index is 0.743. The Labute approximate surface area is 205 Å². The fourth-order valence-electron chi connectivity index (χ4n) is 3.13. The average molecular weight is 490 g/mol. The number of anilines is 3. The van der Waals surface area contributed by atoms with Crippen LogP contribution in [0, 0.1) is 6.92 Å². The van der Waals surface area contributed by atoms with Crippen LogP contribution in [-0.4, -0.2) is 30.0 Å². The monoisotopic (exact) mass is 489 g/mol. The quantitative estimate of drug-likeness (QED) is 0.278. The fraction of sp³-hybridized carbons (Fsp3) is 0.111. The predicted octanol–water partition coefficient (Wildman–Crippen LogP) is 2.07. The van der Waals surface area contributed by atoms with Crippen LogP contribution in [0.25, 0.3) is 0 Å². The molecule has 35 heavy (non-hydrogen) atoms. The zero-order valence-electron chi connectivity index (χ0n) is 19.9. The first-order valence-electron chi connectivity index (χ1n) is 11.0. The summed E-state index contributed by atoms with van der Waals surface area (Å²) in [5, 5.41) is 6.54. The topological polar surface area (TPSA) is 112 Å². The van der Waals surface area contributed by atoms with E-state index in [1.54, 1.807) is 0 Å². The van der Waals surface area contributed by atoms with Crippen LogP contribution in [0.3, 0.4) is 0 Å². The van der Waals surface area contributed by atoms with Gasteiger partial charge in [-0.15, -0.1) is 0 Å². The molecule has 0 heterocycles. The summed E-state index contributed by atoms with van der Waals surface area (Å²) in [6.07, 6.45) is 8.30. The van der Waals surface area contributed by atoms with Crippen molar-refractivity contribution in [1.82, 2.24) is 0 Å². The summed E-state index contributed by atoms with van der Waals surface area (Å²) in [6.45, 7) is 2.83. The molecule has 3 aromatic carbocycles. The number of nitrogens with one attached hydrogen (secondary N) is 4. The van der Waals surface area contributed by atoms with E-state index >= 15 is 0 Å². The Hall–Kier alpha value is -3.77. The number of hydrogen-bond acceptors (Lipinski definition) is 4. The second-order valence-electron chi connectivity index (χ2n) is 8.03. The molecule has 0 amide bonds. The highest BCUT2D eigenvalue weighted by atomic mass is 31.2. The molecule has 1 unspecified atom stereocenters. The first-order chi connectivity index (χ1) is 16.7. The molecular weight excluding hydrogens is 459 g/mol. The highest BCUT2D eigenvalue weighted by Gasteiger charge is 2.09. The van der Waals surface area contributed by atoms with Crippen LogP contribution in [0.15, 0.2) is 97.1 Å². The Morgan fingerprint density at radius 2 is 1.06 bits per heavy atom. The molecule has 180 valence electrons. The van der Waals surface area contributed by atoms with Gasteiger partial charge in [0.25, 0.3) is 0 Å². The molecule has 1 aliphatic carbocycles. The fourth-order valence-corrected chi connectivity index (χ4v) is 3.13. The summed E-state index contributed by atoms with van der Waals surface area (Å²) in [5.74, 6) is 0. The van der Waals surface area contributed by atoms with E-state index in [0.29, 0.717) is 0 Å². The van der Waals surface area contributed by atoms with Gasteiger partial charge in [-0.25, -0.2) is 9.98 Å². The van der Waals surface area contributed by atoms with Gasteiger partial charge in [0.1, 0.15) is 7.60 Å². The largest absolute Gasteiger partial charge is 0.779 e. The molecule has 0 bridgehead atoms. The van der Waals surface area contributed by atoms with Crippen molar-refractivity contribution in [3.05, 3.63) is 103 Å². The van der Waals surface area contributed by atoms with Crippen molar-refractivity contribution >= 4 is 47.5 Å². The molecule has 7 nitrogen and oxygen atoms in total. The Morgan fingerprint density at radius 1 is 0.714 bits per heavy atom. The van der Waals surface area contributed by atoms with Gasteiger partial charge in [0, 0.05) is 79.3 Å². The second-order valence-corrected chi connectivity index (χ2v) is 9.63. The van der Waals surface area contributed by atoms with Crippen LogP contribution in [0.5, 0.6) is 0 Å². The van der Waals surface area contributed by atoms with Crippen LogP contribution >= 0.6 is 7.60 Å². The summed E-state index contributed by atoms with van der Waals surface area (Å²) < 4.78 is 9.22. The molecule has 0 spiro atoms. The van der Waals surface area contributed by atoms with Gasteiger partial charge in [0.05, 0.1) is 0 Å². The lowest BCUT2D eigenvalue weighted by Crippen LogP contribution is -2.68. The molecule has 3 aromatic rings. The van der Waals surface area contributed by atoms with Crippen molar-refractivity contribution in [2.75, 3.05) is 24.3 Å². The SMILES string of the molecule is CNc1ccc(Nc2ccc([NH+]=C3C=CC(=[NH+]c4ccc(C)cc4)C=C3)cc2)cc1.CP(=O)([O-])O. The number of allylic oxidation sites excluding steroid dienone is 4. The van der Waals surface area contributed by atoms with Gasteiger partial charge in [-0.2, -0.15) is 0 Å². The number of benzene rings is 3. The highest BCUT2D eigenvalue weighted by molar-refractivity contribution is 7.49. The number of hydrogen-bond donors (Lipinski definition) is 5. The molecule has 0 saturated heterocycles. The summed E-state index contributed by atoms with van der Waals surface area (Å²) in [7, 11) is -1.97. The molecule has 0 saturated carbocycles. The van der Waals surface area contributed by atoms with E-state index in [1.807, 2.05) is 7.05 Å². The Morgan fingerprint density at radius 3 is 1.46 bits per heavy atom. The molecular formula is C27H30N4O3P+. The minimum Gasteiger partial charge on any atom is -0.779 e. The van der Waals surface area contributed by atoms with E-state index in [9.17, 15) is 9.46 Å². The number of aryl methyl sites for hydroxylation is 1. The predicted molar refractivity (Wildman–Crippen MR) is 142 cm³/mol. The van der Waals surface area contributed by atoms with Crippen molar-refractivity contribution in [1.29, 1.82) is 0 Å². The Kier molecular flexibility index (Phi) is 8.92. The molecule has 0 aromatic heterocycles. The van der Waals surface area contributed by atoms with E-state index in [-0.39, 0.29) is 0 Å². The van der Waals surface area contributed by atoms with Crippen LogP contribution in [0.4, 0.5) is 28.4 Å². The van der Waals surface area contributed by atoms with Crippen LogP contribution < -0.4 is 25.5 Å². The van der Waals surface area contributed by atoms with Gasteiger partial charge in [-0.1, -0.05) is 17.7 Å². The third-order valence-electron chi connectivity index (χ3n) is 4.86. The molecule has 1 atom stereocenters. The van der Waals surface area contributed by atoms with Crippen molar-refractivity contribution in [3.8, 4) is 0 Å². The van der Waals surface area contributed by atoms with Gasteiger partial charge in [-0.05, 0) is 43.3 Å². The molecule has 4 rings (SSSR count). The lowest BCUT2D eigenvalue weighted by Gasteiger charge is -2.07. The van der Waals surface area contributed by atoms with E-state index < -0.39 is 7.60 Å². The maximum absolute atomic E-state index is 9.22.